The van der Waals surface area contributed by atoms with Crippen molar-refractivity contribution >= 4 is 21.1 Å². The highest BCUT2D eigenvalue weighted by atomic mass is 32.2. The van der Waals surface area contributed by atoms with Crippen LogP contribution in [-0.4, -0.2) is 52.2 Å². The first kappa shape index (κ1) is 27.2. The molecule has 0 saturated carbocycles. The van der Waals surface area contributed by atoms with Crippen molar-refractivity contribution in [3.8, 4) is 22.3 Å². The van der Waals surface area contributed by atoms with E-state index >= 15 is 4.39 Å². The van der Waals surface area contributed by atoms with Gasteiger partial charge in [0.05, 0.1) is 16.5 Å². The second-order valence-corrected chi connectivity index (χ2v) is 12.3. The van der Waals surface area contributed by atoms with Crippen LogP contribution < -0.4 is 0 Å². The van der Waals surface area contributed by atoms with Gasteiger partial charge in [0.2, 0.25) is 5.95 Å². The number of benzene rings is 2. The SMILES string of the molecule is Cc1ccc(S(=O)(=O)n2cc(-c3cccc(C(F)F)c3)c3cc(-c4cn(C5CCN(C)CC5)nc4F)cnc32)cc1. The number of rotatable bonds is 6. The lowest BCUT2D eigenvalue weighted by Crippen LogP contribution is -2.31. The second-order valence-electron chi connectivity index (χ2n) is 10.5. The maximum Gasteiger partial charge on any atom is 0.269 e. The third-order valence-corrected chi connectivity index (χ3v) is 9.36. The second kappa shape index (κ2) is 10.5. The number of aryl methyl sites for hydroxylation is 1. The summed E-state index contributed by atoms with van der Waals surface area (Å²) in [5.74, 6) is -0.655. The van der Waals surface area contributed by atoms with E-state index in [0.717, 1.165) is 35.5 Å². The number of hydrogen-bond donors (Lipinski definition) is 0. The van der Waals surface area contributed by atoms with E-state index in [0.29, 0.717) is 22.1 Å². The molecule has 41 heavy (non-hydrogen) atoms. The molecule has 7 nitrogen and oxygen atoms in total. The van der Waals surface area contributed by atoms with Crippen molar-refractivity contribution in [3.63, 3.8) is 0 Å². The number of hydrogen-bond acceptors (Lipinski definition) is 5. The normalized spacial score (nSPS) is 15.3. The third kappa shape index (κ3) is 5.04. The van der Waals surface area contributed by atoms with Crippen molar-refractivity contribution < 1.29 is 21.6 Å². The lowest BCUT2D eigenvalue weighted by atomic mass is 10.0. The van der Waals surface area contributed by atoms with Crippen molar-refractivity contribution in [1.82, 2.24) is 23.6 Å². The van der Waals surface area contributed by atoms with Gasteiger partial charge >= 0.3 is 0 Å². The van der Waals surface area contributed by atoms with Crippen molar-refractivity contribution in [2.45, 2.75) is 37.1 Å². The number of aromatic nitrogens is 4. The number of pyridine rings is 1. The minimum absolute atomic E-state index is 0.0594. The van der Waals surface area contributed by atoms with Crippen LogP contribution in [0.5, 0.6) is 0 Å². The van der Waals surface area contributed by atoms with Crippen molar-refractivity contribution in [2.24, 2.45) is 0 Å². The molecule has 0 bridgehead atoms. The zero-order valence-corrected chi connectivity index (χ0v) is 23.3. The zero-order chi connectivity index (χ0) is 28.9. The fourth-order valence-electron chi connectivity index (χ4n) is 5.32. The molecule has 0 unspecified atom stereocenters. The van der Waals surface area contributed by atoms with E-state index in [4.69, 9.17) is 0 Å². The molecule has 3 aromatic heterocycles. The van der Waals surface area contributed by atoms with Crippen LogP contribution in [0.4, 0.5) is 13.2 Å². The Bertz CT molecular complexity index is 1840. The van der Waals surface area contributed by atoms with Crippen molar-refractivity contribution in [2.75, 3.05) is 20.1 Å². The molecule has 1 saturated heterocycles. The molecule has 0 N–H and O–H groups in total. The van der Waals surface area contributed by atoms with E-state index < -0.39 is 22.4 Å². The summed E-state index contributed by atoms with van der Waals surface area (Å²) in [4.78, 5) is 6.75. The molecule has 0 aliphatic carbocycles. The lowest BCUT2D eigenvalue weighted by molar-refractivity contribution is 0.151. The van der Waals surface area contributed by atoms with Crippen LogP contribution in [-0.2, 0) is 10.0 Å². The highest BCUT2D eigenvalue weighted by Crippen LogP contribution is 2.37. The van der Waals surface area contributed by atoms with Crippen molar-refractivity contribution in [1.29, 1.82) is 0 Å². The highest BCUT2D eigenvalue weighted by Gasteiger charge is 2.26. The van der Waals surface area contributed by atoms with Crippen LogP contribution in [0.3, 0.4) is 0 Å². The van der Waals surface area contributed by atoms with Gasteiger partial charge in [0.15, 0.2) is 5.65 Å². The number of piperidine rings is 1. The van der Waals surface area contributed by atoms with Gasteiger partial charge in [0.25, 0.3) is 16.4 Å². The zero-order valence-electron chi connectivity index (χ0n) is 22.5. The van der Waals surface area contributed by atoms with Gasteiger partial charge in [0, 0.05) is 40.7 Å². The largest absolute Gasteiger partial charge is 0.306 e. The Balaban J connectivity index is 1.51. The molecule has 0 atom stereocenters. The number of nitrogens with zero attached hydrogens (tertiary/aromatic N) is 5. The molecule has 0 amide bonds. The quantitative estimate of drug-likeness (QED) is 0.231. The molecular weight excluding hydrogens is 551 g/mol. The Morgan fingerprint density at radius 1 is 0.951 bits per heavy atom. The van der Waals surface area contributed by atoms with Crippen LogP contribution in [0.1, 0.15) is 36.4 Å². The molecule has 4 heterocycles. The van der Waals surface area contributed by atoms with Crippen LogP contribution in [0.15, 0.2) is 78.1 Å². The summed E-state index contributed by atoms with van der Waals surface area (Å²) in [6, 6.07) is 13.9. The smallest absolute Gasteiger partial charge is 0.269 e. The summed E-state index contributed by atoms with van der Waals surface area (Å²) in [5.41, 5.74) is 2.24. The van der Waals surface area contributed by atoms with Crippen molar-refractivity contribution in [3.05, 3.63) is 90.3 Å². The van der Waals surface area contributed by atoms with Crippen LogP contribution in [0.25, 0.3) is 33.3 Å². The number of likely N-dealkylation sites (tertiary alicyclic amines) is 1. The molecule has 0 spiro atoms. The topological polar surface area (TPSA) is 73.0 Å². The Labute approximate surface area is 235 Å². The lowest BCUT2D eigenvalue weighted by Gasteiger charge is -2.28. The summed E-state index contributed by atoms with van der Waals surface area (Å²) in [7, 11) is -2.04. The molecule has 5 aromatic rings. The van der Waals surface area contributed by atoms with Gasteiger partial charge in [-0.25, -0.2) is 26.2 Å². The molecule has 212 valence electrons. The van der Waals surface area contributed by atoms with Gasteiger partial charge in [-0.3, -0.25) is 4.68 Å². The first-order valence-corrected chi connectivity index (χ1v) is 14.7. The Hall–Kier alpha value is -3.96. The van der Waals surface area contributed by atoms with E-state index in [-0.39, 0.29) is 27.7 Å². The third-order valence-electron chi connectivity index (χ3n) is 7.70. The first-order chi connectivity index (χ1) is 19.6. The summed E-state index contributed by atoms with van der Waals surface area (Å²) >= 11 is 0. The van der Waals surface area contributed by atoms with Gasteiger partial charge in [-0.1, -0.05) is 35.9 Å². The van der Waals surface area contributed by atoms with Gasteiger partial charge < -0.3 is 4.90 Å². The highest BCUT2D eigenvalue weighted by molar-refractivity contribution is 7.90. The minimum Gasteiger partial charge on any atom is -0.306 e. The number of halogens is 3. The fourth-order valence-corrected chi connectivity index (χ4v) is 6.64. The molecule has 0 radical (unpaired) electrons. The molecule has 1 aliphatic rings. The van der Waals surface area contributed by atoms with E-state index in [1.165, 1.54) is 42.7 Å². The van der Waals surface area contributed by atoms with E-state index in [2.05, 4.69) is 15.0 Å². The van der Waals surface area contributed by atoms with Gasteiger partial charge in [-0.2, -0.15) is 4.39 Å². The maximum atomic E-state index is 15.2. The number of alkyl halides is 2. The molecule has 2 aromatic carbocycles. The molecule has 1 fully saturated rings. The predicted molar refractivity (Wildman–Crippen MR) is 151 cm³/mol. The van der Waals surface area contributed by atoms with Crippen LogP contribution in [0, 0.1) is 12.9 Å². The predicted octanol–water partition coefficient (Wildman–Crippen LogP) is 6.46. The summed E-state index contributed by atoms with van der Waals surface area (Å²) in [6.07, 6.45) is 3.46. The average molecular weight is 580 g/mol. The summed E-state index contributed by atoms with van der Waals surface area (Å²) < 4.78 is 72.5. The van der Waals surface area contributed by atoms with Crippen LogP contribution in [0.2, 0.25) is 0 Å². The minimum atomic E-state index is -4.09. The molecule has 1 aliphatic heterocycles. The first-order valence-electron chi connectivity index (χ1n) is 13.3. The molecular formula is C30H28F3N5O2S. The average Bonchev–Trinajstić information content (AvgIpc) is 3.54. The molecule has 11 heteroatoms. The monoisotopic (exact) mass is 579 g/mol. The van der Waals surface area contributed by atoms with E-state index in [1.54, 1.807) is 35.1 Å². The fraction of sp³-hybridized carbons (Fsp3) is 0.267. The van der Waals surface area contributed by atoms with Gasteiger partial charge in [0.1, 0.15) is 0 Å². The Kier molecular flexibility index (Phi) is 6.95. The summed E-state index contributed by atoms with van der Waals surface area (Å²) in [6.45, 7) is 3.63. The Morgan fingerprint density at radius 2 is 1.68 bits per heavy atom. The molecule has 6 rings (SSSR count). The number of fused-ring (bicyclic) bond motifs is 1. The van der Waals surface area contributed by atoms with Crippen LogP contribution >= 0.6 is 0 Å². The maximum absolute atomic E-state index is 15.2. The standard InChI is InChI=1S/C30H28F3N5O2S/c1-19-6-8-24(9-7-19)41(39,40)38-18-26(20-4-3-5-21(14-20)28(31)32)25-15-22(16-34-30(25)38)27-17-37(35-29(27)33)23-10-12-36(2)13-11-23/h3-9,14-18,23,28H,10-13H2,1-2H3. The van der Waals surface area contributed by atoms with Gasteiger partial charge in [-0.05, 0) is 69.7 Å². The summed E-state index contributed by atoms with van der Waals surface area (Å²) in [5, 5.41) is 4.52. The Morgan fingerprint density at radius 3 is 2.39 bits per heavy atom. The van der Waals surface area contributed by atoms with Gasteiger partial charge in [-0.15, -0.1) is 5.10 Å². The van der Waals surface area contributed by atoms with E-state index in [1.807, 2.05) is 14.0 Å². The van der Waals surface area contributed by atoms with E-state index in [9.17, 15) is 17.2 Å².